The van der Waals surface area contributed by atoms with Crippen molar-refractivity contribution in [2.45, 2.75) is 58.9 Å². The largest absolute Gasteiger partial charge is 0.508 e. The van der Waals surface area contributed by atoms with Gasteiger partial charge in [-0.2, -0.15) is 0 Å². The Morgan fingerprint density at radius 1 is 1.20 bits per heavy atom. The molecule has 0 bridgehead atoms. The molecule has 0 spiro atoms. The summed E-state index contributed by atoms with van der Waals surface area (Å²) in [7, 11) is 3.90. The lowest BCUT2D eigenvalue weighted by Crippen LogP contribution is -2.37. The fourth-order valence-electron chi connectivity index (χ4n) is 3.04. The first kappa shape index (κ1) is 21.4. The summed E-state index contributed by atoms with van der Waals surface area (Å²) in [5, 5.41) is 9.38. The van der Waals surface area contributed by atoms with E-state index >= 15 is 0 Å². The zero-order chi connectivity index (χ0) is 18.8. The average molecular weight is 346 g/mol. The predicted molar refractivity (Wildman–Crippen MR) is 106 cm³/mol. The Kier molecular flexibility index (Phi) is 9.51. The molecule has 3 heteroatoms. The third-order valence-corrected chi connectivity index (χ3v) is 4.85. The van der Waals surface area contributed by atoms with E-state index in [2.05, 4.69) is 32.9 Å². The lowest BCUT2D eigenvalue weighted by atomic mass is 9.94. The minimum Gasteiger partial charge on any atom is -0.508 e. The van der Waals surface area contributed by atoms with Crippen LogP contribution in [0.1, 0.15) is 52.0 Å². The molecule has 3 nitrogen and oxygen atoms in total. The van der Waals surface area contributed by atoms with Gasteiger partial charge in [-0.3, -0.25) is 9.69 Å². The van der Waals surface area contributed by atoms with Gasteiger partial charge in [0.2, 0.25) is 0 Å². The summed E-state index contributed by atoms with van der Waals surface area (Å²) in [5.41, 5.74) is 1.07. The van der Waals surface area contributed by atoms with Gasteiger partial charge >= 0.3 is 0 Å². The molecule has 0 saturated carbocycles. The molecule has 0 aliphatic rings. The molecule has 140 valence electrons. The Balaban J connectivity index is 2.50. The monoisotopic (exact) mass is 345 g/mol. The Labute approximate surface area is 153 Å². The van der Waals surface area contributed by atoms with Crippen molar-refractivity contribution in [3.8, 4) is 5.75 Å². The molecule has 0 saturated heterocycles. The quantitative estimate of drug-likeness (QED) is 0.583. The smallest absolute Gasteiger partial charge is 0.150 e. The van der Waals surface area contributed by atoms with E-state index in [0.29, 0.717) is 18.8 Å². The van der Waals surface area contributed by atoms with Crippen LogP contribution in [0.4, 0.5) is 0 Å². The number of ketones is 1. The van der Waals surface area contributed by atoms with Crippen LogP contribution in [0.3, 0.4) is 0 Å². The Morgan fingerprint density at radius 2 is 1.84 bits per heavy atom. The Bertz CT molecular complexity index is 533. The SMILES string of the molecule is CC[C@H](C)C[C@@H](C)/C=C/CCC(=O)[C@H](Cc1ccc(O)cc1)N(C)C. The second-order valence-corrected chi connectivity index (χ2v) is 7.51. The van der Waals surface area contributed by atoms with Gasteiger partial charge in [0.05, 0.1) is 6.04 Å². The van der Waals surface area contributed by atoms with Gasteiger partial charge < -0.3 is 5.11 Å². The average Bonchev–Trinajstić information content (AvgIpc) is 2.57. The lowest BCUT2D eigenvalue weighted by molar-refractivity contribution is -0.123. The number of carbonyl (C=O) groups excluding carboxylic acids is 1. The summed E-state index contributed by atoms with van der Waals surface area (Å²) in [6, 6.07) is 7.00. The number of Topliss-reactive ketones (excluding diaryl/α,β-unsaturated/α-hetero) is 1. The molecule has 1 aromatic carbocycles. The second kappa shape index (κ2) is 11.1. The first-order chi connectivity index (χ1) is 11.8. The van der Waals surface area contributed by atoms with Crippen molar-refractivity contribution in [3.63, 3.8) is 0 Å². The molecule has 0 aliphatic heterocycles. The Hall–Kier alpha value is -1.61. The van der Waals surface area contributed by atoms with E-state index in [4.69, 9.17) is 0 Å². The fraction of sp³-hybridized carbons (Fsp3) is 0.591. The molecule has 3 atom stereocenters. The number of carbonyl (C=O) groups is 1. The van der Waals surface area contributed by atoms with Crippen LogP contribution >= 0.6 is 0 Å². The van der Waals surface area contributed by atoms with Gasteiger partial charge in [0, 0.05) is 6.42 Å². The lowest BCUT2D eigenvalue weighted by Gasteiger charge is -2.23. The van der Waals surface area contributed by atoms with Crippen LogP contribution in [-0.4, -0.2) is 35.9 Å². The van der Waals surface area contributed by atoms with Gasteiger partial charge in [0.15, 0.2) is 5.78 Å². The van der Waals surface area contributed by atoms with Crippen molar-refractivity contribution < 1.29 is 9.90 Å². The minimum absolute atomic E-state index is 0.115. The van der Waals surface area contributed by atoms with Gasteiger partial charge in [0.25, 0.3) is 0 Å². The predicted octanol–water partition coefficient (Wildman–Crippen LogP) is 4.84. The highest BCUT2D eigenvalue weighted by atomic mass is 16.3. The van der Waals surface area contributed by atoms with E-state index in [1.54, 1.807) is 12.1 Å². The van der Waals surface area contributed by atoms with Crippen LogP contribution in [0.25, 0.3) is 0 Å². The molecule has 1 N–H and O–H groups in total. The summed E-state index contributed by atoms with van der Waals surface area (Å²) in [4.78, 5) is 14.6. The van der Waals surface area contributed by atoms with Crippen molar-refractivity contribution in [3.05, 3.63) is 42.0 Å². The van der Waals surface area contributed by atoms with E-state index < -0.39 is 0 Å². The number of aromatic hydroxyl groups is 1. The molecule has 0 fully saturated rings. The minimum atomic E-state index is -0.115. The van der Waals surface area contributed by atoms with Crippen LogP contribution in [0, 0.1) is 11.8 Å². The number of rotatable bonds is 11. The maximum Gasteiger partial charge on any atom is 0.150 e. The molecular weight excluding hydrogens is 310 g/mol. The maximum absolute atomic E-state index is 12.6. The van der Waals surface area contributed by atoms with Gasteiger partial charge in [-0.1, -0.05) is 51.5 Å². The highest BCUT2D eigenvalue weighted by Gasteiger charge is 2.20. The van der Waals surface area contributed by atoms with Crippen LogP contribution in [0.2, 0.25) is 0 Å². The van der Waals surface area contributed by atoms with Crippen molar-refractivity contribution in [1.82, 2.24) is 4.90 Å². The van der Waals surface area contributed by atoms with Gasteiger partial charge in [-0.25, -0.2) is 0 Å². The summed E-state index contributed by atoms with van der Waals surface area (Å²) in [6.45, 7) is 6.77. The van der Waals surface area contributed by atoms with Crippen molar-refractivity contribution in [2.75, 3.05) is 14.1 Å². The number of hydrogen-bond acceptors (Lipinski definition) is 3. The second-order valence-electron chi connectivity index (χ2n) is 7.51. The standard InChI is InChI=1S/C22H35NO2/c1-6-17(2)15-18(3)9-7-8-10-22(25)21(23(4)5)16-19-11-13-20(24)14-12-19/h7,9,11-14,17-18,21,24H,6,8,10,15-16H2,1-5H3/b9-7+/t17-,18-,21-/m0/s1. The summed E-state index contributed by atoms with van der Waals surface area (Å²) >= 11 is 0. The number of phenols is 1. The van der Waals surface area contributed by atoms with Gasteiger partial charge in [-0.05, 0) is 62.9 Å². The normalized spacial score (nSPS) is 15.4. The molecule has 0 radical (unpaired) electrons. The zero-order valence-corrected chi connectivity index (χ0v) is 16.5. The molecule has 0 amide bonds. The Morgan fingerprint density at radius 3 is 2.40 bits per heavy atom. The van der Waals surface area contributed by atoms with E-state index in [9.17, 15) is 9.90 Å². The van der Waals surface area contributed by atoms with Crippen LogP contribution in [0.15, 0.2) is 36.4 Å². The van der Waals surface area contributed by atoms with Crippen molar-refractivity contribution in [2.24, 2.45) is 11.8 Å². The maximum atomic E-state index is 12.6. The number of allylic oxidation sites excluding steroid dienone is 2. The first-order valence-corrected chi connectivity index (χ1v) is 9.47. The van der Waals surface area contributed by atoms with Gasteiger partial charge in [0.1, 0.15) is 5.75 Å². The molecular formula is C22H35NO2. The van der Waals surface area contributed by atoms with E-state index in [1.807, 2.05) is 31.1 Å². The number of phenolic OH excluding ortho intramolecular Hbond substituents is 1. The number of nitrogens with zero attached hydrogens (tertiary/aromatic N) is 1. The number of hydrogen-bond donors (Lipinski definition) is 1. The summed E-state index contributed by atoms with van der Waals surface area (Å²) in [6.07, 6.45) is 8.92. The highest BCUT2D eigenvalue weighted by molar-refractivity contribution is 5.84. The summed E-state index contributed by atoms with van der Waals surface area (Å²) < 4.78 is 0. The van der Waals surface area contributed by atoms with E-state index in [1.165, 1.54) is 12.8 Å². The van der Waals surface area contributed by atoms with E-state index in [0.717, 1.165) is 17.9 Å². The number of likely N-dealkylation sites (N-methyl/N-ethyl adjacent to an activating group) is 1. The molecule has 1 rings (SSSR count). The molecule has 0 heterocycles. The zero-order valence-electron chi connectivity index (χ0n) is 16.5. The fourth-order valence-corrected chi connectivity index (χ4v) is 3.04. The third-order valence-electron chi connectivity index (χ3n) is 4.85. The van der Waals surface area contributed by atoms with Gasteiger partial charge in [-0.15, -0.1) is 0 Å². The van der Waals surface area contributed by atoms with E-state index in [-0.39, 0.29) is 17.6 Å². The van der Waals surface area contributed by atoms with Crippen LogP contribution in [-0.2, 0) is 11.2 Å². The van der Waals surface area contributed by atoms with Crippen LogP contribution in [0.5, 0.6) is 5.75 Å². The highest BCUT2D eigenvalue weighted by Crippen LogP contribution is 2.17. The molecule has 0 aromatic heterocycles. The first-order valence-electron chi connectivity index (χ1n) is 9.47. The van der Waals surface area contributed by atoms with Crippen molar-refractivity contribution in [1.29, 1.82) is 0 Å². The topological polar surface area (TPSA) is 40.5 Å². The van der Waals surface area contributed by atoms with Crippen LogP contribution < -0.4 is 0 Å². The number of benzene rings is 1. The molecule has 25 heavy (non-hydrogen) atoms. The molecule has 0 aliphatic carbocycles. The summed E-state index contributed by atoms with van der Waals surface area (Å²) in [5.74, 6) is 1.86. The molecule has 1 aromatic rings. The van der Waals surface area contributed by atoms with Crippen molar-refractivity contribution >= 4 is 5.78 Å². The third kappa shape index (κ3) is 8.35. The molecule has 0 unspecified atom stereocenters.